The van der Waals surface area contributed by atoms with Crippen molar-refractivity contribution in [2.75, 3.05) is 13.7 Å². The Labute approximate surface area is 166 Å². The van der Waals surface area contributed by atoms with Gasteiger partial charge in [-0.15, -0.1) is 0 Å². The Hall–Kier alpha value is -3.55. The summed E-state index contributed by atoms with van der Waals surface area (Å²) in [6.45, 7) is 2.02. The molecular weight excluding hydrogens is 375 g/mol. The number of hydrogen-bond acceptors (Lipinski definition) is 6. The highest BCUT2D eigenvalue weighted by molar-refractivity contribution is 6.00. The summed E-state index contributed by atoms with van der Waals surface area (Å²) >= 11 is 0. The van der Waals surface area contributed by atoms with Crippen LogP contribution in [0.1, 0.15) is 34.5 Å². The van der Waals surface area contributed by atoms with Crippen molar-refractivity contribution in [3.8, 4) is 11.1 Å². The van der Waals surface area contributed by atoms with Crippen LogP contribution in [-0.2, 0) is 4.84 Å². The normalized spacial score (nSPS) is 17.7. The molecule has 4 rings (SSSR count). The summed E-state index contributed by atoms with van der Waals surface area (Å²) < 4.78 is 19.3. The number of rotatable bonds is 4. The molecule has 1 saturated heterocycles. The molecule has 1 fully saturated rings. The molecule has 1 aliphatic rings. The Balaban J connectivity index is 1.61. The molecule has 0 aliphatic carbocycles. The van der Waals surface area contributed by atoms with Gasteiger partial charge >= 0.3 is 0 Å². The molecule has 29 heavy (non-hydrogen) atoms. The highest BCUT2D eigenvalue weighted by Crippen LogP contribution is 2.32. The van der Waals surface area contributed by atoms with E-state index in [1.165, 1.54) is 13.2 Å². The van der Waals surface area contributed by atoms with Crippen molar-refractivity contribution in [2.45, 2.75) is 19.4 Å². The lowest BCUT2D eigenvalue weighted by molar-refractivity contribution is 0.0713. The first kappa shape index (κ1) is 18.8. The smallest absolute Gasteiger partial charge is 0.254 e. The van der Waals surface area contributed by atoms with Crippen molar-refractivity contribution < 1.29 is 18.5 Å². The van der Waals surface area contributed by atoms with Gasteiger partial charge in [0.05, 0.1) is 12.3 Å². The van der Waals surface area contributed by atoms with E-state index in [9.17, 15) is 9.18 Å². The Morgan fingerprint density at radius 2 is 2.00 bits per heavy atom. The van der Waals surface area contributed by atoms with Crippen molar-refractivity contribution >= 4 is 11.6 Å². The number of carbonyl (C=O) groups is 1. The van der Waals surface area contributed by atoms with E-state index in [4.69, 9.17) is 9.36 Å². The monoisotopic (exact) mass is 394 g/mol. The first-order chi connectivity index (χ1) is 14.1. The number of likely N-dealkylation sites (tertiary alicyclic amines) is 1. The average molecular weight is 394 g/mol. The number of amides is 1. The lowest BCUT2D eigenvalue weighted by atomic mass is 10.0. The van der Waals surface area contributed by atoms with E-state index >= 15 is 0 Å². The van der Waals surface area contributed by atoms with Gasteiger partial charge in [0.2, 0.25) is 5.89 Å². The van der Waals surface area contributed by atoms with E-state index < -0.39 is 6.04 Å². The molecule has 0 unspecified atom stereocenters. The molecular formula is C21H19FN4O3. The lowest BCUT2D eigenvalue weighted by Gasteiger charge is -2.21. The molecule has 8 heteroatoms. The van der Waals surface area contributed by atoms with Crippen LogP contribution in [0.15, 0.2) is 58.2 Å². The minimum Gasteiger partial charge on any atom is -0.399 e. The van der Waals surface area contributed by atoms with E-state index in [1.807, 2.05) is 0 Å². The summed E-state index contributed by atoms with van der Waals surface area (Å²) in [7, 11) is 1.46. The Morgan fingerprint density at radius 1 is 1.24 bits per heavy atom. The summed E-state index contributed by atoms with van der Waals surface area (Å²) in [5.74, 6) is 0.351. The summed E-state index contributed by atoms with van der Waals surface area (Å²) in [6.07, 6.45) is 0.453. The highest BCUT2D eigenvalue weighted by Gasteiger charge is 2.38. The third kappa shape index (κ3) is 3.73. The zero-order valence-corrected chi connectivity index (χ0v) is 16.0. The maximum atomic E-state index is 14.0. The number of oxime groups is 1. The Kier molecular flexibility index (Phi) is 5.07. The number of halogens is 1. The van der Waals surface area contributed by atoms with Crippen LogP contribution >= 0.6 is 0 Å². The molecule has 0 radical (unpaired) electrons. The fourth-order valence-corrected chi connectivity index (χ4v) is 3.44. The second kappa shape index (κ2) is 7.83. The fourth-order valence-electron chi connectivity index (χ4n) is 3.44. The Bertz CT molecular complexity index is 1060. The number of carbonyl (C=O) groups excluding carboxylic acids is 1. The standard InChI is InChI=1S/C21H19FN4O3/c1-13-23-20(29-24-13)19-11-16(25-28-2)12-26(19)21(27)15-9-7-14(8-10-15)17-5-3-4-6-18(17)22/h3-10,19H,11-12H2,1-2H3/t19-/m0/s1. The summed E-state index contributed by atoms with van der Waals surface area (Å²) in [6, 6.07) is 13.0. The van der Waals surface area contributed by atoms with Gasteiger partial charge in [-0.3, -0.25) is 4.79 Å². The lowest BCUT2D eigenvalue weighted by Crippen LogP contribution is -2.31. The van der Waals surface area contributed by atoms with Gasteiger partial charge in [-0.25, -0.2) is 4.39 Å². The van der Waals surface area contributed by atoms with Crippen molar-refractivity contribution in [3.63, 3.8) is 0 Å². The molecule has 3 aromatic rings. The van der Waals surface area contributed by atoms with Gasteiger partial charge in [-0.2, -0.15) is 4.98 Å². The number of aryl methyl sites for hydroxylation is 1. The second-order valence-electron chi connectivity index (χ2n) is 6.73. The summed E-state index contributed by atoms with van der Waals surface area (Å²) in [4.78, 5) is 23.9. The number of nitrogens with zero attached hydrogens (tertiary/aromatic N) is 4. The first-order valence-electron chi connectivity index (χ1n) is 9.12. The van der Waals surface area contributed by atoms with E-state index in [1.54, 1.807) is 54.3 Å². The quantitative estimate of drug-likeness (QED) is 0.629. The second-order valence-corrected chi connectivity index (χ2v) is 6.73. The van der Waals surface area contributed by atoms with Crippen LogP contribution in [0.5, 0.6) is 0 Å². The van der Waals surface area contributed by atoms with Crippen LogP contribution in [0, 0.1) is 12.7 Å². The van der Waals surface area contributed by atoms with E-state index in [-0.39, 0.29) is 11.7 Å². The van der Waals surface area contributed by atoms with E-state index in [0.717, 1.165) is 0 Å². The molecule has 7 nitrogen and oxygen atoms in total. The summed E-state index contributed by atoms with van der Waals surface area (Å²) in [5.41, 5.74) is 2.38. The third-order valence-electron chi connectivity index (χ3n) is 4.78. The average Bonchev–Trinajstić information content (AvgIpc) is 3.34. The van der Waals surface area contributed by atoms with Crippen molar-refractivity contribution in [1.29, 1.82) is 0 Å². The topological polar surface area (TPSA) is 80.8 Å². The predicted molar refractivity (Wildman–Crippen MR) is 104 cm³/mol. The molecule has 1 aliphatic heterocycles. The fraction of sp³-hybridized carbons (Fsp3) is 0.238. The molecule has 0 bridgehead atoms. The number of benzene rings is 2. The number of aromatic nitrogens is 2. The molecule has 0 N–H and O–H groups in total. The van der Waals surface area contributed by atoms with Crippen molar-refractivity contribution in [2.24, 2.45) is 5.16 Å². The van der Waals surface area contributed by atoms with Crippen molar-refractivity contribution in [3.05, 3.63) is 71.6 Å². The maximum Gasteiger partial charge on any atom is 0.254 e. The van der Waals surface area contributed by atoms with Crippen LogP contribution in [0.2, 0.25) is 0 Å². The maximum absolute atomic E-state index is 14.0. The SMILES string of the molecule is CON=C1C[C@@H](c2nc(C)no2)N(C(=O)c2ccc(-c3ccccc3F)cc2)C1. The number of hydrogen-bond donors (Lipinski definition) is 0. The Morgan fingerprint density at radius 3 is 2.66 bits per heavy atom. The summed E-state index contributed by atoms with van der Waals surface area (Å²) in [5, 5.41) is 7.81. The van der Waals surface area contributed by atoms with E-state index in [2.05, 4.69) is 15.3 Å². The molecule has 2 aromatic carbocycles. The van der Waals surface area contributed by atoms with Crippen LogP contribution in [-0.4, -0.2) is 40.3 Å². The molecule has 2 heterocycles. The minimum absolute atomic E-state index is 0.202. The van der Waals surface area contributed by atoms with Gasteiger partial charge in [-0.05, 0) is 30.7 Å². The molecule has 1 atom stereocenters. The van der Waals surface area contributed by atoms with Crippen molar-refractivity contribution in [1.82, 2.24) is 15.0 Å². The van der Waals surface area contributed by atoms with Gasteiger partial charge in [0.25, 0.3) is 5.91 Å². The molecule has 1 amide bonds. The largest absolute Gasteiger partial charge is 0.399 e. The van der Waals surface area contributed by atoms with E-state index in [0.29, 0.717) is 47.1 Å². The first-order valence-corrected chi connectivity index (χ1v) is 9.12. The molecule has 1 aromatic heterocycles. The molecule has 0 saturated carbocycles. The zero-order valence-electron chi connectivity index (χ0n) is 16.0. The van der Waals surface area contributed by atoms with Gasteiger partial charge in [-0.1, -0.05) is 40.6 Å². The van der Waals surface area contributed by atoms with Crippen LogP contribution < -0.4 is 0 Å². The van der Waals surface area contributed by atoms with Gasteiger partial charge < -0.3 is 14.3 Å². The van der Waals surface area contributed by atoms with Crippen LogP contribution in [0.3, 0.4) is 0 Å². The highest BCUT2D eigenvalue weighted by atomic mass is 19.1. The van der Waals surface area contributed by atoms with Crippen LogP contribution in [0.25, 0.3) is 11.1 Å². The minimum atomic E-state index is -0.413. The third-order valence-corrected chi connectivity index (χ3v) is 4.78. The van der Waals surface area contributed by atoms with Gasteiger partial charge in [0.15, 0.2) is 5.82 Å². The van der Waals surface area contributed by atoms with Gasteiger partial charge in [0, 0.05) is 17.5 Å². The molecule has 148 valence electrons. The zero-order chi connectivity index (χ0) is 20.4. The van der Waals surface area contributed by atoms with Crippen LogP contribution in [0.4, 0.5) is 4.39 Å². The van der Waals surface area contributed by atoms with Gasteiger partial charge in [0.1, 0.15) is 19.0 Å². The molecule has 0 spiro atoms. The predicted octanol–water partition coefficient (Wildman–Crippen LogP) is 3.77.